The van der Waals surface area contributed by atoms with Crippen molar-refractivity contribution in [2.75, 3.05) is 27.2 Å². The molecule has 1 atom stereocenters. The van der Waals surface area contributed by atoms with E-state index in [2.05, 4.69) is 33.5 Å². The molecule has 1 rings (SSSR count). The fourth-order valence-corrected chi connectivity index (χ4v) is 1.46. The molecule has 0 spiro atoms. The molecule has 8 nitrogen and oxygen atoms in total. The first kappa shape index (κ1) is 13.7. The molecule has 1 unspecified atom stereocenters. The third kappa shape index (κ3) is 4.57. The number of carboxylic acid groups (broad SMARTS) is 1. The summed E-state index contributed by atoms with van der Waals surface area (Å²) in [6.45, 7) is 1.60. The van der Waals surface area contributed by atoms with Crippen molar-refractivity contribution in [3.05, 3.63) is 5.82 Å². The highest BCUT2D eigenvalue weighted by atomic mass is 32.1. The number of nitrogens with one attached hydrogen (secondary N) is 1. The first-order valence-electron chi connectivity index (χ1n) is 5.06. The van der Waals surface area contributed by atoms with Gasteiger partial charge in [-0.25, -0.2) is 9.48 Å². The molecule has 2 N–H and O–H groups in total. The summed E-state index contributed by atoms with van der Waals surface area (Å²) in [7, 11) is 3.91. The lowest BCUT2D eigenvalue weighted by molar-refractivity contribution is 0.194. The van der Waals surface area contributed by atoms with Crippen LogP contribution in [-0.2, 0) is 6.54 Å². The molecule has 0 fully saturated rings. The Hall–Kier alpha value is -1.35. The largest absolute Gasteiger partial charge is 0.465 e. The van der Waals surface area contributed by atoms with Crippen LogP contribution in [0.15, 0.2) is 0 Å². The quantitative estimate of drug-likeness (QED) is 0.595. The number of tetrazole rings is 1. The average Bonchev–Trinajstić information content (AvgIpc) is 2.71. The molecule has 1 heterocycles. The van der Waals surface area contributed by atoms with Gasteiger partial charge in [0.05, 0.1) is 11.8 Å². The average molecular weight is 260 g/mol. The van der Waals surface area contributed by atoms with Crippen LogP contribution in [0.3, 0.4) is 0 Å². The van der Waals surface area contributed by atoms with Crippen LogP contribution in [0.2, 0.25) is 0 Å². The van der Waals surface area contributed by atoms with Crippen molar-refractivity contribution < 1.29 is 9.90 Å². The molecule has 0 saturated carbocycles. The molecule has 1 aromatic heterocycles. The van der Waals surface area contributed by atoms with E-state index < -0.39 is 6.09 Å². The van der Waals surface area contributed by atoms with E-state index in [1.54, 1.807) is 4.68 Å². The lowest BCUT2D eigenvalue weighted by atomic mass is 10.4. The fourth-order valence-electron chi connectivity index (χ4n) is 1.18. The number of nitrogens with zero attached hydrogens (tertiary/aromatic N) is 5. The molecule has 0 aliphatic rings. The van der Waals surface area contributed by atoms with Crippen molar-refractivity contribution in [1.29, 1.82) is 0 Å². The summed E-state index contributed by atoms with van der Waals surface area (Å²) in [4.78, 5) is 12.4. The second-order valence-corrected chi connectivity index (χ2v) is 4.39. The van der Waals surface area contributed by atoms with Crippen molar-refractivity contribution in [3.63, 3.8) is 0 Å². The van der Waals surface area contributed by atoms with E-state index in [1.165, 1.54) is 0 Å². The molecule has 0 aliphatic heterocycles. The van der Waals surface area contributed by atoms with Crippen molar-refractivity contribution in [2.45, 2.75) is 11.8 Å². The number of hydrogen-bond donors (Lipinski definition) is 3. The lowest BCUT2D eigenvalue weighted by Crippen LogP contribution is -2.27. The van der Waals surface area contributed by atoms with Gasteiger partial charge in [0.2, 0.25) is 0 Å². The van der Waals surface area contributed by atoms with Crippen molar-refractivity contribution in [3.8, 4) is 0 Å². The Balaban J connectivity index is 2.57. The molecule has 0 radical (unpaired) electrons. The van der Waals surface area contributed by atoms with Crippen LogP contribution in [-0.4, -0.2) is 63.5 Å². The predicted molar refractivity (Wildman–Crippen MR) is 64.1 cm³/mol. The molecule has 0 bridgehead atoms. The summed E-state index contributed by atoms with van der Waals surface area (Å²) >= 11 is 4.27. The monoisotopic (exact) mass is 260 g/mol. The van der Waals surface area contributed by atoms with Gasteiger partial charge in [0.15, 0.2) is 5.82 Å². The SMILES string of the molecule is CN(C)CCn1nnnc1C(S)CNC(=O)O. The van der Waals surface area contributed by atoms with Gasteiger partial charge in [-0.05, 0) is 24.5 Å². The van der Waals surface area contributed by atoms with Crippen molar-refractivity contribution >= 4 is 18.7 Å². The van der Waals surface area contributed by atoms with E-state index in [4.69, 9.17) is 5.11 Å². The molecule has 1 amide bonds. The molecule has 0 aliphatic carbocycles. The second kappa shape index (κ2) is 6.40. The Morgan fingerprint density at radius 2 is 2.35 bits per heavy atom. The smallest absolute Gasteiger partial charge is 0.404 e. The predicted octanol–water partition coefficient (Wildman–Crippen LogP) is -0.527. The Morgan fingerprint density at radius 1 is 1.65 bits per heavy atom. The highest BCUT2D eigenvalue weighted by molar-refractivity contribution is 7.80. The molecule has 1 aromatic rings. The van der Waals surface area contributed by atoms with Gasteiger partial charge in [-0.3, -0.25) is 0 Å². The van der Waals surface area contributed by atoms with Gasteiger partial charge in [-0.15, -0.1) is 5.10 Å². The minimum atomic E-state index is -1.09. The fraction of sp³-hybridized carbons (Fsp3) is 0.750. The third-order valence-electron chi connectivity index (χ3n) is 2.06. The number of amides is 1. The zero-order chi connectivity index (χ0) is 12.8. The zero-order valence-electron chi connectivity index (χ0n) is 9.74. The Kier molecular flexibility index (Phi) is 5.16. The normalized spacial score (nSPS) is 12.7. The summed E-state index contributed by atoms with van der Waals surface area (Å²) in [6.07, 6.45) is -1.09. The van der Waals surface area contributed by atoms with Crippen molar-refractivity contribution in [2.24, 2.45) is 0 Å². The Labute approximate surface area is 104 Å². The van der Waals surface area contributed by atoms with E-state index in [-0.39, 0.29) is 11.8 Å². The third-order valence-corrected chi connectivity index (χ3v) is 2.48. The van der Waals surface area contributed by atoms with Crippen LogP contribution in [0, 0.1) is 0 Å². The summed E-state index contributed by atoms with van der Waals surface area (Å²) in [6, 6.07) is 0. The number of rotatable bonds is 6. The van der Waals surface area contributed by atoms with Crippen LogP contribution in [0.1, 0.15) is 11.1 Å². The minimum Gasteiger partial charge on any atom is -0.465 e. The second-order valence-electron chi connectivity index (χ2n) is 3.77. The number of thiol groups is 1. The maximum atomic E-state index is 10.4. The maximum absolute atomic E-state index is 10.4. The van der Waals surface area contributed by atoms with Gasteiger partial charge in [-0.2, -0.15) is 12.6 Å². The van der Waals surface area contributed by atoms with E-state index in [0.717, 1.165) is 6.54 Å². The molecule has 17 heavy (non-hydrogen) atoms. The topological polar surface area (TPSA) is 96.2 Å². The van der Waals surface area contributed by atoms with E-state index >= 15 is 0 Å². The number of likely N-dealkylation sites (N-methyl/N-ethyl adjacent to an activating group) is 1. The molecular formula is C8H16N6O2S. The van der Waals surface area contributed by atoms with Crippen LogP contribution in [0.5, 0.6) is 0 Å². The van der Waals surface area contributed by atoms with Crippen molar-refractivity contribution in [1.82, 2.24) is 30.4 Å². The van der Waals surface area contributed by atoms with Gasteiger partial charge in [0.1, 0.15) is 0 Å². The van der Waals surface area contributed by atoms with Crippen LogP contribution >= 0.6 is 12.6 Å². The van der Waals surface area contributed by atoms with E-state index in [0.29, 0.717) is 12.4 Å². The summed E-state index contributed by atoms with van der Waals surface area (Å²) in [5, 5.41) is 21.6. The standard InChI is InChI=1S/C8H16N6O2S/c1-13(2)3-4-14-7(10-11-12-14)6(17)5-9-8(15)16/h6,9,17H,3-5H2,1-2H3,(H,15,16). The number of aromatic nitrogens is 4. The number of hydrogen-bond acceptors (Lipinski definition) is 6. The molecule has 0 aromatic carbocycles. The van der Waals surface area contributed by atoms with Gasteiger partial charge in [-0.1, -0.05) is 0 Å². The highest BCUT2D eigenvalue weighted by Gasteiger charge is 2.16. The Morgan fingerprint density at radius 3 is 2.94 bits per heavy atom. The zero-order valence-corrected chi connectivity index (χ0v) is 10.6. The van der Waals surface area contributed by atoms with Gasteiger partial charge >= 0.3 is 6.09 Å². The number of carbonyl (C=O) groups is 1. The lowest BCUT2D eigenvalue weighted by Gasteiger charge is -2.13. The highest BCUT2D eigenvalue weighted by Crippen LogP contribution is 2.14. The first-order chi connectivity index (χ1) is 8.00. The van der Waals surface area contributed by atoms with E-state index in [9.17, 15) is 4.79 Å². The van der Waals surface area contributed by atoms with Crippen LogP contribution in [0.4, 0.5) is 4.79 Å². The van der Waals surface area contributed by atoms with E-state index in [1.807, 2.05) is 19.0 Å². The minimum absolute atomic E-state index is 0.167. The molecule has 96 valence electrons. The van der Waals surface area contributed by atoms with Gasteiger partial charge in [0.25, 0.3) is 0 Å². The van der Waals surface area contributed by atoms with Gasteiger partial charge < -0.3 is 15.3 Å². The van der Waals surface area contributed by atoms with Crippen LogP contribution < -0.4 is 5.32 Å². The molecule has 9 heteroatoms. The molecule has 0 saturated heterocycles. The van der Waals surface area contributed by atoms with Gasteiger partial charge in [0, 0.05) is 13.1 Å². The van der Waals surface area contributed by atoms with Crippen LogP contribution in [0.25, 0.3) is 0 Å². The summed E-state index contributed by atoms with van der Waals surface area (Å²) in [5.74, 6) is 0.559. The summed E-state index contributed by atoms with van der Waals surface area (Å²) in [5.41, 5.74) is 0. The maximum Gasteiger partial charge on any atom is 0.404 e. The summed E-state index contributed by atoms with van der Waals surface area (Å²) < 4.78 is 1.63. The first-order valence-corrected chi connectivity index (χ1v) is 5.58. The molecular weight excluding hydrogens is 244 g/mol. The Bertz CT molecular complexity index is 369.